The molecule has 1 nitrogen and oxygen atoms in total. The molecule has 0 aromatic rings. The van der Waals surface area contributed by atoms with E-state index in [9.17, 15) is 0 Å². The van der Waals surface area contributed by atoms with Crippen molar-refractivity contribution in [3.63, 3.8) is 0 Å². The first-order chi connectivity index (χ1) is 11.9. The third-order valence-electron chi connectivity index (χ3n) is 10.8. The second-order valence-corrected chi connectivity index (χ2v) is 12.0. The van der Waals surface area contributed by atoms with Gasteiger partial charge in [-0.15, -0.1) is 0 Å². The highest BCUT2D eigenvalue weighted by Gasteiger charge is 2.77. The van der Waals surface area contributed by atoms with Crippen LogP contribution in [0.2, 0.25) is 0 Å². The van der Waals surface area contributed by atoms with Gasteiger partial charge in [-0.1, -0.05) is 43.4 Å². The van der Waals surface area contributed by atoms with Crippen molar-refractivity contribution in [2.75, 3.05) is 11.5 Å². The minimum Gasteiger partial charge on any atom is -0.381 e. The number of fused-ring (bicyclic) bond motifs is 4. The first kappa shape index (κ1) is 17.8. The summed E-state index contributed by atoms with van der Waals surface area (Å²) in [6.07, 6.45) is 12.5. The molecule has 5 fully saturated rings. The van der Waals surface area contributed by atoms with Crippen molar-refractivity contribution < 1.29 is 4.74 Å². The molecule has 25 heavy (non-hydrogen) atoms. The molecule has 142 valence electrons. The van der Waals surface area contributed by atoms with Gasteiger partial charge in [0.15, 0.2) is 0 Å². The smallest absolute Gasteiger partial charge is 0.0638 e. The second-order valence-electron chi connectivity index (χ2n) is 11.1. The quantitative estimate of drug-likeness (QED) is 0.356. The van der Waals surface area contributed by atoms with Crippen molar-refractivity contribution >= 4 is 22.6 Å². The second kappa shape index (κ2) is 5.61. The molecular formula is C23H37IO. The van der Waals surface area contributed by atoms with E-state index in [1.165, 1.54) is 55.8 Å². The maximum absolute atomic E-state index is 6.24. The molecule has 0 radical (unpaired) electrons. The highest BCUT2D eigenvalue weighted by atomic mass is 127. The summed E-state index contributed by atoms with van der Waals surface area (Å²) in [5.41, 5.74) is 1.80. The molecule has 5 saturated carbocycles. The zero-order valence-electron chi connectivity index (χ0n) is 16.7. The van der Waals surface area contributed by atoms with Crippen LogP contribution in [0, 0.1) is 51.8 Å². The molecule has 0 N–H and O–H groups in total. The number of alkyl halides is 1. The minimum absolute atomic E-state index is 0.564. The van der Waals surface area contributed by atoms with Crippen LogP contribution in [0.25, 0.3) is 0 Å². The molecule has 0 saturated heterocycles. The maximum Gasteiger partial charge on any atom is 0.0638 e. The average Bonchev–Trinajstić information content (AvgIpc) is 3.12. The Kier molecular flexibility index (Phi) is 3.99. The van der Waals surface area contributed by atoms with Gasteiger partial charge in [-0.2, -0.15) is 0 Å². The lowest BCUT2D eigenvalue weighted by atomic mass is 9.45. The number of rotatable bonds is 3. The summed E-state index contributed by atoms with van der Waals surface area (Å²) in [4.78, 5) is 0. The normalized spacial score (nSPS) is 60.4. The van der Waals surface area contributed by atoms with Crippen LogP contribution in [0.4, 0.5) is 0 Å². The summed E-state index contributed by atoms with van der Waals surface area (Å²) >= 11 is 2.63. The molecule has 0 aliphatic heterocycles. The van der Waals surface area contributed by atoms with Crippen LogP contribution in [0.5, 0.6) is 0 Å². The van der Waals surface area contributed by atoms with Gasteiger partial charge in [-0.25, -0.2) is 0 Å². The van der Waals surface area contributed by atoms with Gasteiger partial charge in [0, 0.05) is 17.0 Å². The lowest BCUT2D eigenvalue weighted by molar-refractivity contribution is -0.160. The first-order valence-electron chi connectivity index (χ1n) is 11.0. The molecule has 0 unspecified atom stereocenters. The van der Waals surface area contributed by atoms with Gasteiger partial charge in [0.1, 0.15) is 0 Å². The van der Waals surface area contributed by atoms with Crippen molar-refractivity contribution in [3.05, 3.63) is 0 Å². The number of hydrogen-bond acceptors (Lipinski definition) is 1. The van der Waals surface area contributed by atoms with Crippen LogP contribution in [0.1, 0.15) is 72.1 Å². The fraction of sp³-hybridized carbons (Fsp3) is 1.00. The molecule has 10 atom stereocenters. The average molecular weight is 456 g/mol. The van der Waals surface area contributed by atoms with E-state index in [4.69, 9.17) is 4.74 Å². The van der Waals surface area contributed by atoms with E-state index in [0.29, 0.717) is 22.3 Å². The van der Waals surface area contributed by atoms with Crippen LogP contribution in [-0.4, -0.2) is 17.6 Å². The highest BCUT2D eigenvalue weighted by molar-refractivity contribution is 14.1. The molecule has 0 amide bonds. The summed E-state index contributed by atoms with van der Waals surface area (Å²) < 4.78 is 7.57. The Bertz CT molecular complexity index is 562. The Morgan fingerprint density at radius 3 is 2.56 bits per heavy atom. The van der Waals surface area contributed by atoms with E-state index >= 15 is 0 Å². The van der Waals surface area contributed by atoms with Crippen LogP contribution in [0.15, 0.2) is 0 Å². The van der Waals surface area contributed by atoms with Crippen LogP contribution < -0.4 is 0 Å². The summed E-state index contributed by atoms with van der Waals surface area (Å²) in [5.74, 6) is 5.80. The summed E-state index contributed by atoms with van der Waals surface area (Å²) in [6, 6.07) is 0. The largest absolute Gasteiger partial charge is 0.381 e. The molecule has 0 aromatic heterocycles. The predicted molar refractivity (Wildman–Crippen MR) is 112 cm³/mol. The molecule has 5 rings (SSSR count). The van der Waals surface area contributed by atoms with E-state index in [1.54, 1.807) is 0 Å². The third kappa shape index (κ3) is 2.00. The van der Waals surface area contributed by atoms with Crippen LogP contribution in [0.3, 0.4) is 0 Å². The maximum atomic E-state index is 6.24. The zero-order chi connectivity index (χ0) is 17.6. The number of hydrogen-bond donors (Lipinski definition) is 0. The first-order valence-corrected chi connectivity index (χ1v) is 12.5. The molecule has 5 aliphatic carbocycles. The van der Waals surface area contributed by atoms with E-state index in [0.717, 1.165) is 35.5 Å². The number of halogens is 1. The molecule has 2 heteroatoms. The van der Waals surface area contributed by atoms with E-state index in [1.807, 2.05) is 7.11 Å². The van der Waals surface area contributed by atoms with Gasteiger partial charge in [0.2, 0.25) is 0 Å². The van der Waals surface area contributed by atoms with E-state index < -0.39 is 0 Å². The monoisotopic (exact) mass is 456 g/mol. The SMILES string of the molecule is CO[C@@H]1C[C@H]2[C@@H]3CC[C@H]([C@H](C)CI)[C@@]3(C)CC[C@@H]2[C@@]2(C)CC[C@H]3C[C@]312. The van der Waals surface area contributed by atoms with E-state index in [-0.39, 0.29) is 0 Å². The lowest BCUT2D eigenvalue weighted by Gasteiger charge is -2.61. The van der Waals surface area contributed by atoms with Gasteiger partial charge in [0.05, 0.1) is 6.10 Å². The number of methoxy groups -OCH3 is 1. The topological polar surface area (TPSA) is 9.23 Å². The van der Waals surface area contributed by atoms with E-state index in [2.05, 4.69) is 43.4 Å². The Labute approximate surface area is 168 Å². The van der Waals surface area contributed by atoms with Gasteiger partial charge >= 0.3 is 0 Å². The molecular weight excluding hydrogens is 419 g/mol. The van der Waals surface area contributed by atoms with Crippen LogP contribution >= 0.6 is 22.6 Å². The fourth-order valence-corrected chi connectivity index (χ4v) is 10.3. The predicted octanol–water partition coefficient (Wildman–Crippen LogP) is 6.34. The fourth-order valence-electron chi connectivity index (χ4n) is 9.66. The Morgan fingerprint density at radius 1 is 1.08 bits per heavy atom. The van der Waals surface area contributed by atoms with Gasteiger partial charge in [0.25, 0.3) is 0 Å². The minimum atomic E-state index is 0.564. The highest BCUT2D eigenvalue weighted by Crippen LogP contribution is 2.82. The molecule has 0 heterocycles. The van der Waals surface area contributed by atoms with Crippen molar-refractivity contribution in [2.24, 2.45) is 51.8 Å². The van der Waals surface area contributed by atoms with Gasteiger partial charge in [-0.3, -0.25) is 0 Å². The molecule has 5 aliphatic rings. The summed E-state index contributed by atoms with van der Waals surface area (Å²) in [6.45, 7) is 7.92. The Balaban J connectivity index is 1.49. The third-order valence-corrected chi connectivity index (χ3v) is 12.2. The Hall–Kier alpha value is 0.690. The Morgan fingerprint density at radius 2 is 1.88 bits per heavy atom. The molecule has 1 spiro atoms. The summed E-state index contributed by atoms with van der Waals surface area (Å²) in [7, 11) is 2.02. The van der Waals surface area contributed by atoms with Crippen molar-refractivity contribution in [1.29, 1.82) is 0 Å². The van der Waals surface area contributed by atoms with Crippen molar-refractivity contribution in [1.82, 2.24) is 0 Å². The van der Waals surface area contributed by atoms with Crippen LogP contribution in [-0.2, 0) is 4.74 Å². The zero-order valence-corrected chi connectivity index (χ0v) is 18.8. The lowest BCUT2D eigenvalue weighted by Crippen LogP contribution is -2.57. The van der Waals surface area contributed by atoms with Gasteiger partial charge < -0.3 is 4.74 Å². The standard InChI is InChI=1S/C23H37IO/c1-14(13-24)17-5-6-18-16-11-20(25-4)23-12-15(23)7-10-22(23,3)19(16)8-9-21(17,18)2/h14-20H,5-13H2,1-4H3/t14-,15+,16+,17-,18+,19+,20-,21-,22-,23+/m1/s1. The molecule has 0 aromatic carbocycles. The molecule has 0 bridgehead atoms. The number of ether oxygens (including phenoxy) is 1. The van der Waals surface area contributed by atoms with Crippen molar-refractivity contribution in [3.8, 4) is 0 Å². The van der Waals surface area contributed by atoms with Gasteiger partial charge in [-0.05, 0) is 97.7 Å². The summed E-state index contributed by atoms with van der Waals surface area (Å²) in [5, 5.41) is 0. The van der Waals surface area contributed by atoms with Crippen molar-refractivity contribution in [2.45, 2.75) is 78.2 Å².